The zero-order chi connectivity index (χ0) is 19.4. The fourth-order valence-corrected chi connectivity index (χ4v) is 3.79. The van der Waals surface area contributed by atoms with E-state index in [9.17, 15) is 9.59 Å². The fraction of sp³-hybridized carbons (Fsp3) is 0.286. The summed E-state index contributed by atoms with van der Waals surface area (Å²) in [5, 5.41) is 1.33. The molecule has 140 valence electrons. The number of aromatic nitrogens is 2. The number of hydrogen-bond donors (Lipinski definition) is 0. The van der Waals surface area contributed by atoms with Gasteiger partial charge in [0.15, 0.2) is 5.16 Å². The van der Waals surface area contributed by atoms with E-state index in [-0.39, 0.29) is 11.5 Å². The Balaban J connectivity index is 1.94. The van der Waals surface area contributed by atoms with Crippen LogP contribution in [0.5, 0.6) is 0 Å². The average molecular weight is 382 g/mol. The molecule has 0 unspecified atom stereocenters. The Morgan fingerprint density at radius 1 is 1.19 bits per heavy atom. The summed E-state index contributed by atoms with van der Waals surface area (Å²) in [6, 6.07) is 14.7. The van der Waals surface area contributed by atoms with Gasteiger partial charge in [-0.2, -0.15) is 0 Å². The number of carbonyl (C=O) groups is 1. The van der Waals surface area contributed by atoms with Gasteiger partial charge in [-0.1, -0.05) is 49.9 Å². The Morgan fingerprint density at radius 2 is 1.96 bits per heavy atom. The van der Waals surface area contributed by atoms with Crippen LogP contribution >= 0.6 is 11.8 Å². The molecule has 0 spiro atoms. The number of methoxy groups -OCH3 is 1. The van der Waals surface area contributed by atoms with Crippen molar-refractivity contribution in [3.8, 4) is 0 Å². The summed E-state index contributed by atoms with van der Waals surface area (Å²) >= 11 is 1.50. The van der Waals surface area contributed by atoms with Crippen molar-refractivity contribution in [1.82, 2.24) is 9.55 Å². The van der Waals surface area contributed by atoms with Gasteiger partial charge in [0.25, 0.3) is 5.56 Å². The summed E-state index contributed by atoms with van der Waals surface area (Å²) in [6.45, 7) is 4.77. The first-order valence-corrected chi connectivity index (χ1v) is 9.77. The van der Waals surface area contributed by atoms with Crippen LogP contribution in [-0.4, -0.2) is 22.6 Å². The van der Waals surface area contributed by atoms with Crippen molar-refractivity contribution in [3.05, 3.63) is 70.0 Å². The van der Waals surface area contributed by atoms with Crippen LogP contribution in [-0.2, 0) is 17.0 Å². The van der Waals surface area contributed by atoms with E-state index < -0.39 is 0 Å². The molecule has 0 atom stereocenters. The maximum atomic E-state index is 12.9. The van der Waals surface area contributed by atoms with Gasteiger partial charge in [0.2, 0.25) is 0 Å². The second-order valence-corrected chi connectivity index (χ2v) is 7.64. The Labute approximate surface area is 162 Å². The standard InChI is InChI=1S/C21H22N2O3S/c1-14(2)12-23-19(24)17-9-4-5-10-18(17)22-21(23)27-13-15-7-6-8-16(11-15)20(25)26-3/h4-11,14H,12-13H2,1-3H3. The predicted octanol–water partition coefficient (Wildman–Crippen LogP) is 4.13. The van der Waals surface area contributed by atoms with Crippen LogP contribution < -0.4 is 5.56 Å². The van der Waals surface area contributed by atoms with E-state index in [1.165, 1.54) is 18.9 Å². The summed E-state index contributed by atoms with van der Waals surface area (Å²) in [5.74, 6) is 0.573. The molecule has 0 saturated heterocycles. The summed E-state index contributed by atoms with van der Waals surface area (Å²) in [5.41, 5.74) is 2.18. The lowest BCUT2D eigenvalue weighted by atomic mass is 10.1. The van der Waals surface area contributed by atoms with Gasteiger partial charge in [0, 0.05) is 12.3 Å². The van der Waals surface area contributed by atoms with Gasteiger partial charge in [0.1, 0.15) is 0 Å². The molecule has 0 aliphatic rings. The number of carbonyl (C=O) groups excluding carboxylic acids is 1. The molecule has 0 bridgehead atoms. The summed E-state index contributed by atoms with van der Waals surface area (Å²) in [7, 11) is 1.37. The minimum absolute atomic E-state index is 0.0138. The van der Waals surface area contributed by atoms with E-state index in [1.54, 1.807) is 10.6 Å². The zero-order valence-corrected chi connectivity index (χ0v) is 16.5. The quantitative estimate of drug-likeness (QED) is 0.364. The number of fused-ring (bicyclic) bond motifs is 1. The van der Waals surface area contributed by atoms with Gasteiger partial charge in [-0.15, -0.1) is 0 Å². The molecule has 27 heavy (non-hydrogen) atoms. The smallest absolute Gasteiger partial charge is 0.337 e. The van der Waals surface area contributed by atoms with E-state index >= 15 is 0 Å². The maximum Gasteiger partial charge on any atom is 0.337 e. The van der Waals surface area contributed by atoms with E-state index in [0.717, 1.165) is 5.56 Å². The number of hydrogen-bond acceptors (Lipinski definition) is 5. The molecule has 3 rings (SSSR count). The first-order valence-electron chi connectivity index (χ1n) is 8.79. The van der Waals surface area contributed by atoms with E-state index in [0.29, 0.717) is 39.8 Å². The van der Waals surface area contributed by atoms with Crippen LogP contribution in [0, 0.1) is 5.92 Å². The Bertz CT molecular complexity index is 1030. The number of rotatable bonds is 6. The van der Waals surface area contributed by atoms with Crippen molar-refractivity contribution < 1.29 is 9.53 Å². The number of ether oxygens (including phenoxy) is 1. The molecule has 2 aromatic carbocycles. The van der Waals surface area contributed by atoms with E-state index in [1.807, 2.05) is 42.5 Å². The van der Waals surface area contributed by atoms with Gasteiger partial charge in [0.05, 0.1) is 23.6 Å². The summed E-state index contributed by atoms with van der Waals surface area (Å²) < 4.78 is 6.53. The van der Waals surface area contributed by atoms with Crippen molar-refractivity contribution in [2.45, 2.75) is 31.3 Å². The van der Waals surface area contributed by atoms with Crippen LogP contribution in [0.1, 0.15) is 29.8 Å². The molecule has 3 aromatic rings. The largest absolute Gasteiger partial charge is 0.465 e. The van der Waals surface area contributed by atoms with Crippen molar-refractivity contribution in [2.75, 3.05) is 7.11 Å². The van der Waals surface area contributed by atoms with Gasteiger partial charge in [-0.25, -0.2) is 9.78 Å². The third-order valence-corrected chi connectivity index (χ3v) is 5.14. The third kappa shape index (κ3) is 4.39. The average Bonchev–Trinajstić information content (AvgIpc) is 2.68. The highest BCUT2D eigenvalue weighted by atomic mass is 32.2. The molecule has 1 heterocycles. The number of nitrogens with zero attached hydrogens (tertiary/aromatic N) is 2. The van der Waals surface area contributed by atoms with E-state index in [4.69, 9.17) is 9.72 Å². The van der Waals surface area contributed by atoms with Crippen LogP contribution in [0.3, 0.4) is 0 Å². The lowest BCUT2D eigenvalue weighted by Gasteiger charge is -2.15. The number of esters is 1. The number of para-hydroxylation sites is 1. The van der Waals surface area contributed by atoms with Gasteiger partial charge in [-0.05, 0) is 35.7 Å². The normalized spacial score (nSPS) is 11.1. The van der Waals surface area contributed by atoms with Gasteiger partial charge in [-0.3, -0.25) is 9.36 Å². The van der Waals surface area contributed by atoms with Gasteiger partial charge >= 0.3 is 5.97 Å². The molecule has 0 fully saturated rings. The molecular formula is C21H22N2O3S. The molecular weight excluding hydrogens is 360 g/mol. The maximum absolute atomic E-state index is 12.9. The van der Waals surface area contributed by atoms with E-state index in [2.05, 4.69) is 13.8 Å². The summed E-state index contributed by atoms with van der Waals surface area (Å²) in [6.07, 6.45) is 0. The molecule has 5 nitrogen and oxygen atoms in total. The Morgan fingerprint density at radius 3 is 2.70 bits per heavy atom. The summed E-state index contributed by atoms with van der Waals surface area (Å²) in [4.78, 5) is 29.4. The lowest BCUT2D eigenvalue weighted by Crippen LogP contribution is -2.25. The van der Waals surface area contributed by atoms with Gasteiger partial charge < -0.3 is 4.74 Å². The SMILES string of the molecule is COC(=O)c1cccc(CSc2nc3ccccc3c(=O)n2CC(C)C)c1. The second-order valence-electron chi connectivity index (χ2n) is 6.70. The van der Waals surface area contributed by atoms with Crippen LogP contribution in [0.2, 0.25) is 0 Å². The minimum Gasteiger partial charge on any atom is -0.465 e. The monoisotopic (exact) mass is 382 g/mol. The third-order valence-electron chi connectivity index (χ3n) is 4.09. The highest BCUT2D eigenvalue weighted by Gasteiger charge is 2.13. The van der Waals surface area contributed by atoms with Crippen LogP contribution in [0.25, 0.3) is 10.9 Å². The Hall–Kier alpha value is -2.60. The van der Waals surface area contributed by atoms with Crippen LogP contribution in [0.15, 0.2) is 58.5 Å². The molecule has 0 radical (unpaired) electrons. The minimum atomic E-state index is -0.359. The molecule has 0 N–H and O–H groups in total. The van der Waals surface area contributed by atoms with Crippen molar-refractivity contribution in [3.63, 3.8) is 0 Å². The molecule has 0 amide bonds. The fourth-order valence-electron chi connectivity index (χ4n) is 2.84. The number of benzene rings is 2. The zero-order valence-electron chi connectivity index (χ0n) is 15.6. The van der Waals surface area contributed by atoms with Crippen molar-refractivity contribution >= 4 is 28.6 Å². The lowest BCUT2D eigenvalue weighted by molar-refractivity contribution is 0.0600. The topological polar surface area (TPSA) is 61.2 Å². The van der Waals surface area contributed by atoms with Crippen LogP contribution in [0.4, 0.5) is 0 Å². The highest BCUT2D eigenvalue weighted by Crippen LogP contribution is 2.23. The van der Waals surface area contributed by atoms with Crippen molar-refractivity contribution in [1.29, 1.82) is 0 Å². The molecule has 1 aromatic heterocycles. The molecule has 0 saturated carbocycles. The second kappa shape index (κ2) is 8.39. The first-order chi connectivity index (χ1) is 13.0. The highest BCUT2D eigenvalue weighted by molar-refractivity contribution is 7.98. The molecule has 6 heteroatoms. The first kappa shape index (κ1) is 19.2. The molecule has 0 aliphatic heterocycles. The predicted molar refractivity (Wildman–Crippen MR) is 108 cm³/mol. The van der Waals surface area contributed by atoms with Crippen molar-refractivity contribution in [2.24, 2.45) is 5.92 Å². The number of thioether (sulfide) groups is 1. The Kier molecular flexibility index (Phi) is 5.96. The molecule has 0 aliphatic carbocycles.